The van der Waals surface area contributed by atoms with E-state index in [1.165, 1.54) is 0 Å². The molecule has 0 fully saturated rings. The van der Waals surface area contributed by atoms with Crippen molar-refractivity contribution in [3.8, 4) is 16.9 Å². The van der Waals surface area contributed by atoms with Crippen molar-refractivity contribution >= 4 is 17.6 Å². The summed E-state index contributed by atoms with van der Waals surface area (Å²) >= 11 is 0. The fourth-order valence-electron chi connectivity index (χ4n) is 2.94. The van der Waals surface area contributed by atoms with Gasteiger partial charge in [0.25, 0.3) is 5.91 Å². The molecule has 5 nitrogen and oxygen atoms in total. The Balaban J connectivity index is 1.63. The van der Waals surface area contributed by atoms with Gasteiger partial charge in [0.15, 0.2) is 6.10 Å². The van der Waals surface area contributed by atoms with Crippen LogP contribution in [0.5, 0.6) is 5.75 Å². The predicted molar refractivity (Wildman–Crippen MR) is 113 cm³/mol. The number of carbonyl (C=O) groups is 2. The molecule has 0 unspecified atom stereocenters. The summed E-state index contributed by atoms with van der Waals surface area (Å²) in [5, 5.41) is 2.86. The summed E-state index contributed by atoms with van der Waals surface area (Å²) in [7, 11) is 1.57. The first kappa shape index (κ1) is 20.1. The number of hydrogen-bond donors (Lipinski definition) is 1. The van der Waals surface area contributed by atoms with Crippen molar-refractivity contribution in [3.05, 3.63) is 84.4 Å². The first-order valence-electron chi connectivity index (χ1n) is 9.34. The standard InChI is InChI=1S/C24H23NO4/c1-17(29-23(26)16-18-9-8-12-20(15-18)28-2)24(27)25-22-14-7-6-13-21(22)19-10-4-3-5-11-19/h3-15,17H,16H2,1-2H3,(H,25,27)/t17-/m1/s1. The molecule has 1 N–H and O–H groups in total. The molecule has 1 atom stereocenters. The summed E-state index contributed by atoms with van der Waals surface area (Å²) in [6.07, 6.45) is -0.855. The molecule has 29 heavy (non-hydrogen) atoms. The number of rotatable bonds is 7. The topological polar surface area (TPSA) is 64.6 Å². The molecule has 3 rings (SSSR count). The van der Waals surface area contributed by atoms with Crippen LogP contribution in [0.3, 0.4) is 0 Å². The van der Waals surface area contributed by atoms with Crippen molar-refractivity contribution in [1.82, 2.24) is 0 Å². The second kappa shape index (κ2) is 9.55. The normalized spacial score (nSPS) is 11.4. The van der Waals surface area contributed by atoms with E-state index in [-0.39, 0.29) is 12.3 Å². The minimum absolute atomic E-state index is 0.0649. The second-order valence-electron chi connectivity index (χ2n) is 6.56. The Bertz CT molecular complexity index is 985. The van der Waals surface area contributed by atoms with Crippen LogP contribution < -0.4 is 10.1 Å². The van der Waals surface area contributed by atoms with Gasteiger partial charge in [-0.25, -0.2) is 0 Å². The van der Waals surface area contributed by atoms with Crippen LogP contribution in [-0.4, -0.2) is 25.1 Å². The lowest BCUT2D eigenvalue weighted by Crippen LogP contribution is -2.30. The molecule has 0 heterocycles. The highest BCUT2D eigenvalue weighted by Gasteiger charge is 2.19. The number of para-hydroxylation sites is 1. The van der Waals surface area contributed by atoms with E-state index in [0.717, 1.165) is 16.7 Å². The minimum Gasteiger partial charge on any atom is -0.497 e. The molecule has 1 amide bonds. The van der Waals surface area contributed by atoms with Crippen LogP contribution in [0.1, 0.15) is 12.5 Å². The number of esters is 1. The van der Waals surface area contributed by atoms with Crippen molar-refractivity contribution in [3.63, 3.8) is 0 Å². The van der Waals surface area contributed by atoms with Crippen molar-refractivity contribution in [2.24, 2.45) is 0 Å². The molecule has 0 saturated heterocycles. The van der Waals surface area contributed by atoms with Crippen LogP contribution in [0.2, 0.25) is 0 Å². The van der Waals surface area contributed by atoms with Crippen LogP contribution >= 0.6 is 0 Å². The summed E-state index contributed by atoms with van der Waals surface area (Å²) < 4.78 is 10.5. The highest BCUT2D eigenvalue weighted by molar-refractivity contribution is 5.98. The zero-order chi connectivity index (χ0) is 20.6. The number of hydrogen-bond acceptors (Lipinski definition) is 4. The lowest BCUT2D eigenvalue weighted by atomic mass is 10.0. The van der Waals surface area contributed by atoms with Crippen molar-refractivity contribution in [2.45, 2.75) is 19.4 Å². The number of nitrogens with one attached hydrogen (secondary N) is 1. The van der Waals surface area contributed by atoms with Gasteiger partial charge in [-0.15, -0.1) is 0 Å². The Morgan fingerprint density at radius 3 is 2.41 bits per heavy atom. The number of amides is 1. The first-order valence-corrected chi connectivity index (χ1v) is 9.34. The molecule has 3 aromatic carbocycles. The molecule has 5 heteroatoms. The molecule has 0 aliphatic carbocycles. The SMILES string of the molecule is COc1cccc(CC(=O)O[C@H](C)C(=O)Nc2ccccc2-c2ccccc2)c1. The molecule has 148 valence electrons. The van der Waals surface area contributed by atoms with E-state index in [4.69, 9.17) is 9.47 Å². The van der Waals surface area contributed by atoms with Gasteiger partial charge < -0.3 is 14.8 Å². The molecule has 0 bridgehead atoms. The lowest BCUT2D eigenvalue weighted by Gasteiger charge is -2.16. The molecule has 0 aromatic heterocycles. The number of methoxy groups -OCH3 is 1. The highest BCUT2D eigenvalue weighted by atomic mass is 16.5. The maximum absolute atomic E-state index is 12.6. The molecular weight excluding hydrogens is 366 g/mol. The first-order chi connectivity index (χ1) is 14.1. The Labute approximate surface area is 170 Å². The van der Waals surface area contributed by atoms with Crippen LogP contribution in [0, 0.1) is 0 Å². The van der Waals surface area contributed by atoms with Gasteiger partial charge in [-0.3, -0.25) is 9.59 Å². The number of ether oxygens (including phenoxy) is 2. The van der Waals surface area contributed by atoms with Gasteiger partial charge in [0, 0.05) is 11.3 Å². The Morgan fingerprint density at radius 2 is 1.66 bits per heavy atom. The van der Waals surface area contributed by atoms with E-state index in [0.29, 0.717) is 11.4 Å². The average molecular weight is 389 g/mol. The number of anilines is 1. The molecule has 0 aliphatic heterocycles. The van der Waals surface area contributed by atoms with Gasteiger partial charge in [-0.2, -0.15) is 0 Å². The average Bonchev–Trinajstić information content (AvgIpc) is 2.74. The van der Waals surface area contributed by atoms with Crippen LogP contribution in [0.15, 0.2) is 78.9 Å². The largest absolute Gasteiger partial charge is 0.497 e. The Hall–Kier alpha value is -3.60. The zero-order valence-corrected chi connectivity index (χ0v) is 16.4. The summed E-state index contributed by atoms with van der Waals surface area (Å²) in [6.45, 7) is 1.56. The molecule has 3 aromatic rings. The summed E-state index contributed by atoms with van der Waals surface area (Å²) in [4.78, 5) is 24.8. The zero-order valence-electron chi connectivity index (χ0n) is 16.4. The molecular formula is C24H23NO4. The van der Waals surface area contributed by atoms with E-state index in [1.807, 2.05) is 60.7 Å². The van der Waals surface area contributed by atoms with Crippen LogP contribution in [0.4, 0.5) is 5.69 Å². The van der Waals surface area contributed by atoms with Gasteiger partial charge in [-0.1, -0.05) is 60.7 Å². The van der Waals surface area contributed by atoms with E-state index in [2.05, 4.69) is 5.32 Å². The maximum atomic E-state index is 12.6. The van der Waals surface area contributed by atoms with Gasteiger partial charge >= 0.3 is 5.97 Å². The third kappa shape index (κ3) is 5.45. The van der Waals surface area contributed by atoms with Gasteiger partial charge in [0.1, 0.15) is 5.75 Å². The fraction of sp³-hybridized carbons (Fsp3) is 0.167. The van der Waals surface area contributed by atoms with E-state index in [1.54, 1.807) is 32.2 Å². The molecule has 0 saturated carbocycles. The van der Waals surface area contributed by atoms with Gasteiger partial charge in [-0.05, 0) is 36.2 Å². The van der Waals surface area contributed by atoms with E-state index < -0.39 is 12.1 Å². The van der Waals surface area contributed by atoms with Crippen molar-refractivity contribution in [2.75, 3.05) is 12.4 Å². The smallest absolute Gasteiger partial charge is 0.311 e. The Kier molecular flexibility index (Phi) is 6.63. The minimum atomic E-state index is -0.920. The molecule has 0 radical (unpaired) electrons. The second-order valence-corrected chi connectivity index (χ2v) is 6.56. The van der Waals surface area contributed by atoms with Gasteiger partial charge in [0.2, 0.25) is 0 Å². The summed E-state index contributed by atoms with van der Waals surface area (Å²) in [6, 6.07) is 24.5. The third-order valence-electron chi connectivity index (χ3n) is 4.43. The van der Waals surface area contributed by atoms with E-state index in [9.17, 15) is 9.59 Å². The molecule has 0 aliphatic rings. The quantitative estimate of drug-likeness (QED) is 0.606. The van der Waals surface area contributed by atoms with Crippen molar-refractivity contribution in [1.29, 1.82) is 0 Å². The van der Waals surface area contributed by atoms with Crippen molar-refractivity contribution < 1.29 is 19.1 Å². The van der Waals surface area contributed by atoms with Crippen LogP contribution in [0.25, 0.3) is 11.1 Å². The number of benzene rings is 3. The maximum Gasteiger partial charge on any atom is 0.311 e. The third-order valence-corrected chi connectivity index (χ3v) is 4.43. The monoisotopic (exact) mass is 389 g/mol. The lowest BCUT2D eigenvalue weighted by molar-refractivity contribution is -0.152. The fourth-order valence-corrected chi connectivity index (χ4v) is 2.94. The number of carbonyl (C=O) groups excluding carboxylic acids is 2. The van der Waals surface area contributed by atoms with E-state index >= 15 is 0 Å². The molecule has 0 spiro atoms. The summed E-state index contributed by atoms with van der Waals surface area (Å²) in [5.74, 6) is -0.191. The van der Waals surface area contributed by atoms with Gasteiger partial charge in [0.05, 0.1) is 13.5 Å². The Morgan fingerprint density at radius 1 is 0.931 bits per heavy atom. The predicted octanol–water partition coefficient (Wildman–Crippen LogP) is 4.48. The highest BCUT2D eigenvalue weighted by Crippen LogP contribution is 2.27. The van der Waals surface area contributed by atoms with Crippen LogP contribution in [-0.2, 0) is 20.7 Å². The summed E-state index contributed by atoms with van der Waals surface area (Å²) in [5.41, 5.74) is 3.32.